The molecule has 1 aliphatic carbocycles. The van der Waals surface area contributed by atoms with Crippen molar-refractivity contribution in [1.82, 2.24) is 5.32 Å². The topological polar surface area (TPSA) is 180 Å². The highest BCUT2D eigenvalue weighted by molar-refractivity contribution is 5.76. The molecule has 0 saturated heterocycles. The van der Waals surface area contributed by atoms with E-state index in [-0.39, 0.29) is 18.9 Å². The normalized spacial score (nSPS) is 22.2. The molecule has 0 aromatic heterocycles. The van der Waals surface area contributed by atoms with Crippen molar-refractivity contribution in [1.29, 1.82) is 0 Å². The Hall–Kier alpha value is -0.850. The Labute approximate surface area is 368 Å². The number of hydrogen-bond donors (Lipinski definition) is 8. The van der Waals surface area contributed by atoms with Gasteiger partial charge in [0, 0.05) is 6.42 Å². The summed E-state index contributed by atoms with van der Waals surface area (Å²) in [5, 5.41) is 76.0. The predicted molar refractivity (Wildman–Crippen MR) is 246 cm³/mol. The maximum Gasteiger partial charge on any atom is 0.220 e. The monoisotopic (exact) mass is 858 g/mol. The van der Waals surface area contributed by atoms with Crippen LogP contribution in [0.5, 0.6) is 0 Å². The number of nitrogens with one attached hydrogen (secondary N) is 1. The van der Waals surface area contributed by atoms with Gasteiger partial charge in [0.2, 0.25) is 5.91 Å². The summed E-state index contributed by atoms with van der Waals surface area (Å²) in [7, 11) is 0. The van der Waals surface area contributed by atoms with Crippen molar-refractivity contribution in [2.24, 2.45) is 0 Å². The van der Waals surface area contributed by atoms with Gasteiger partial charge in [-0.25, -0.2) is 0 Å². The van der Waals surface area contributed by atoms with E-state index >= 15 is 0 Å². The number of amides is 1. The zero-order chi connectivity index (χ0) is 44.1. The van der Waals surface area contributed by atoms with Crippen LogP contribution < -0.4 is 5.32 Å². The summed E-state index contributed by atoms with van der Waals surface area (Å²) in [6.45, 7) is 4.14. The molecule has 8 N–H and O–H groups in total. The number of hydrogen-bond acceptors (Lipinski definition) is 9. The van der Waals surface area contributed by atoms with Gasteiger partial charge >= 0.3 is 0 Å². The van der Waals surface area contributed by atoms with Crippen molar-refractivity contribution < 1.29 is 45.3 Å². The van der Waals surface area contributed by atoms with Gasteiger partial charge in [0.15, 0.2) is 0 Å². The summed E-state index contributed by atoms with van der Waals surface area (Å²) in [5.74, 6) is -0.288. The predicted octanol–water partition coefficient (Wildman–Crippen LogP) is 9.87. The number of aliphatic hydroxyl groups excluding tert-OH is 7. The van der Waals surface area contributed by atoms with Crippen LogP contribution in [0, 0.1) is 0 Å². The molecule has 60 heavy (non-hydrogen) atoms. The summed E-state index contributed by atoms with van der Waals surface area (Å²) in [4.78, 5) is 13.0. The molecule has 1 saturated carbocycles. The van der Waals surface area contributed by atoms with Gasteiger partial charge in [0.1, 0.15) is 42.7 Å². The van der Waals surface area contributed by atoms with Crippen LogP contribution in [0.1, 0.15) is 251 Å². The molecular weight excluding hydrogens is 759 g/mol. The Morgan fingerprint density at radius 2 is 0.717 bits per heavy atom. The molecule has 2 unspecified atom stereocenters. The lowest BCUT2D eigenvalue weighted by Crippen LogP contribution is -2.65. The Kier molecular flexibility index (Phi) is 37.8. The molecule has 1 amide bonds. The summed E-state index contributed by atoms with van der Waals surface area (Å²) in [6.07, 6.45) is 32.1. The summed E-state index contributed by atoms with van der Waals surface area (Å²) in [5.41, 5.74) is 0. The second-order valence-corrected chi connectivity index (χ2v) is 18.7. The first-order valence-corrected chi connectivity index (χ1v) is 25.8. The molecular formula is C50H99NO9. The molecule has 10 nitrogen and oxygen atoms in total. The van der Waals surface area contributed by atoms with Gasteiger partial charge in [0.05, 0.1) is 18.8 Å². The molecule has 1 aliphatic rings. The standard InChI is InChI=1S/C50H99NO9/c1-3-5-7-9-11-13-15-17-18-19-20-21-22-23-24-25-26-27-29-31-33-35-37-39-43(53)51-41(40-60-50-48(58)46(56)45(55)47(57)49(50)59)44(54)42(52)38-36-34-32-30-28-16-14-12-10-8-6-4-2/h41-42,44-50,52,54-59H,3-40H2,1-2H3,(H,51,53)/t41-,42+,44-,45?,46-,47+,48+,49-,50?/m0/s1. The largest absolute Gasteiger partial charge is 0.390 e. The molecule has 0 heterocycles. The summed E-state index contributed by atoms with van der Waals surface area (Å²) in [6, 6.07) is -1.05. The molecule has 0 spiro atoms. The van der Waals surface area contributed by atoms with E-state index in [1.54, 1.807) is 0 Å². The van der Waals surface area contributed by atoms with Gasteiger partial charge in [0.25, 0.3) is 0 Å². The van der Waals surface area contributed by atoms with Crippen LogP contribution in [0.4, 0.5) is 0 Å². The molecule has 0 bridgehead atoms. The van der Waals surface area contributed by atoms with E-state index in [9.17, 15) is 40.5 Å². The van der Waals surface area contributed by atoms with Crippen LogP contribution in [-0.2, 0) is 9.53 Å². The van der Waals surface area contributed by atoms with Gasteiger partial charge in [-0.1, -0.05) is 232 Å². The molecule has 0 aromatic rings. The zero-order valence-corrected chi connectivity index (χ0v) is 39.0. The van der Waals surface area contributed by atoms with Crippen molar-refractivity contribution in [2.45, 2.75) is 306 Å². The van der Waals surface area contributed by atoms with E-state index in [1.165, 1.54) is 173 Å². The minimum atomic E-state index is -1.75. The molecule has 358 valence electrons. The number of carbonyl (C=O) groups excluding carboxylic acids is 1. The number of unbranched alkanes of at least 4 members (excludes halogenated alkanes) is 33. The third-order valence-corrected chi connectivity index (χ3v) is 13.1. The van der Waals surface area contributed by atoms with Crippen molar-refractivity contribution >= 4 is 5.91 Å². The van der Waals surface area contributed by atoms with Gasteiger partial charge in [-0.15, -0.1) is 0 Å². The molecule has 0 radical (unpaired) electrons. The number of aliphatic hydroxyl groups is 7. The SMILES string of the molecule is CCCCCCCCCCCCCCCCCCCCCCCCCC(=O)N[C@@H](COC1[C@@H](O)[C@H](O)C(O)[C@H](O)[C@H]1O)[C@H](O)[C@H](O)CCCCCCCCCCCCCC. The first-order valence-electron chi connectivity index (χ1n) is 25.8. The van der Waals surface area contributed by atoms with Crippen LogP contribution in [0.15, 0.2) is 0 Å². The highest BCUT2D eigenvalue weighted by Gasteiger charge is 2.49. The van der Waals surface area contributed by atoms with Crippen molar-refractivity contribution in [2.75, 3.05) is 6.61 Å². The van der Waals surface area contributed by atoms with E-state index in [4.69, 9.17) is 4.74 Å². The van der Waals surface area contributed by atoms with E-state index in [0.717, 1.165) is 44.9 Å². The minimum absolute atomic E-state index is 0.259. The quantitative estimate of drug-likeness (QED) is 0.0277. The Morgan fingerprint density at radius 3 is 1.05 bits per heavy atom. The van der Waals surface area contributed by atoms with E-state index in [2.05, 4.69) is 19.2 Å². The lowest BCUT2D eigenvalue weighted by Gasteiger charge is -2.42. The number of ether oxygens (including phenoxy) is 1. The average Bonchev–Trinajstić information content (AvgIpc) is 3.24. The molecule has 10 heteroatoms. The van der Waals surface area contributed by atoms with Crippen LogP contribution in [0.25, 0.3) is 0 Å². The van der Waals surface area contributed by atoms with Crippen molar-refractivity contribution in [3.63, 3.8) is 0 Å². The molecule has 9 atom stereocenters. The maximum absolute atomic E-state index is 13.0. The summed E-state index contributed by atoms with van der Waals surface area (Å²) >= 11 is 0. The van der Waals surface area contributed by atoms with E-state index in [0.29, 0.717) is 12.8 Å². The number of carbonyl (C=O) groups is 1. The van der Waals surface area contributed by atoms with Crippen LogP contribution in [0.3, 0.4) is 0 Å². The highest BCUT2D eigenvalue weighted by atomic mass is 16.5. The lowest BCUT2D eigenvalue weighted by molar-refractivity contribution is -0.237. The smallest absolute Gasteiger partial charge is 0.220 e. The van der Waals surface area contributed by atoms with Gasteiger partial charge in [-0.3, -0.25) is 4.79 Å². The molecule has 1 fully saturated rings. The van der Waals surface area contributed by atoms with Crippen LogP contribution in [-0.4, -0.2) is 103 Å². The summed E-state index contributed by atoms with van der Waals surface area (Å²) < 4.78 is 5.69. The molecule has 1 rings (SSSR count). The van der Waals surface area contributed by atoms with Gasteiger partial charge in [-0.05, 0) is 12.8 Å². The van der Waals surface area contributed by atoms with Crippen LogP contribution >= 0.6 is 0 Å². The van der Waals surface area contributed by atoms with Crippen molar-refractivity contribution in [3.05, 3.63) is 0 Å². The second kappa shape index (κ2) is 39.7. The van der Waals surface area contributed by atoms with E-state index in [1.807, 2.05) is 0 Å². The molecule has 0 aromatic carbocycles. The van der Waals surface area contributed by atoms with Crippen molar-refractivity contribution in [3.8, 4) is 0 Å². The number of rotatable bonds is 43. The first kappa shape index (κ1) is 57.2. The van der Waals surface area contributed by atoms with E-state index < -0.39 is 54.9 Å². The third-order valence-electron chi connectivity index (χ3n) is 13.1. The average molecular weight is 858 g/mol. The Bertz CT molecular complexity index is 927. The van der Waals surface area contributed by atoms with Crippen LogP contribution in [0.2, 0.25) is 0 Å². The maximum atomic E-state index is 13.0. The highest BCUT2D eigenvalue weighted by Crippen LogP contribution is 2.25. The minimum Gasteiger partial charge on any atom is -0.390 e. The lowest BCUT2D eigenvalue weighted by atomic mass is 9.85. The Morgan fingerprint density at radius 1 is 0.433 bits per heavy atom. The van der Waals surface area contributed by atoms with Gasteiger partial charge < -0.3 is 45.8 Å². The zero-order valence-electron chi connectivity index (χ0n) is 39.0. The van der Waals surface area contributed by atoms with Gasteiger partial charge in [-0.2, -0.15) is 0 Å². The fraction of sp³-hybridized carbons (Fsp3) is 0.980. The fourth-order valence-corrected chi connectivity index (χ4v) is 8.82. The fourth-order valence-electron chi connectivity index (χ4n) is 8.82. The third kappa shape index (κ3) is 28.8. The Balaban J connectivity index is 2.27. The first-order chi connectivity index (χ1) is 29.1. The second-order valence-electron chi connectivity index (χ2n) is 18.7. The molecule has 0 aliphatic heterocycles.